The van der Waals surface area contributed by atoms with Crippen molar-refractivity contribution in [3.63, 3.8) is 0 Å². The third-order valence-corrected chi connectivity index (χ3v) is 4.03. The van der Waals surface area contributed by atoms with E-state index in [4.69, 9.17) is 12.2 Å². The topological polar surface area (TPSA) is 44.4 Å². The van der Waals surface area contributed by atoms with Gasteiger partial charge in [0.15, 0.2) is 10.9 Å². The second-order valence-corrected chi connectivity index (χ2v) is 5.63. The molecule has 1 aromatic rings. The van der Waals surface area contributed by atoms with Gasteiger partial charge in [0, 0.05) is 24.2 Å². The number of carbonyl (C=O) groups excluding carboxylic acids is 1. The van der Waals surface area contributed by atoms with Crippen LogP contribution >= 0.6 is 12.2 Å². The maximum absolute atomic E-state index is 12.5. The van der Waals surface area contributed by atoms with Crippen LogP contribution in [0.25, 0.3) is 0 Å². The highest BCUT2D eigenvalue weighted by Crippen LogP contribution is 2.22. The van der Waals surface area contributed by atoms with Crippen LogP contribution in [0.1, 0.15) is 23.2 Å². The molecule has 0 aromatic heterocycles. The normalized spacial score (nSPS) is 16.7. The Morgan fingerprint density at radius 1 is 1.35 bits per heavy atom. The largest absolute Gasteiger partial charge is 0.366 e. The van der Waals surface area contributed by atoms with Gasteiger partial charge in [-0.15, -0.1) is 0 Å². The van der Waals surface area contributed by atoms with Crippen molar-refractivity contribution in [1.29, 1.82) is 0 Å². The van der Waals surface area contributed by atoms with Gasteiger partial charge >= 0.3 is 0 Å². The highest BCUT2D eigenvalue weighted by atomic mass is 32.1. The van der Waals surface area contributed by atoms with Crippen molar-refractivity contribution in [2.75, 3.05) is 32.5 Å². The lowest BCUT2D eigenvalue weighted by atomic mass is 9.89. The lowest BCUT2D eigenvalue weighted by molar-refractivity contribution is 0.0857. The van der Waals surface area contributed by atoms with Crippen LogP contribution in [0.3, 0.4) is 0 Å². The van der Waals surface area contributed by atoms with Gasteiger partial charge in [-0.05, 0) is 57.3 Å². The van der Waals surface area contributed by atoms with E-state index in [1.165, 1.54) is 0 Å². The van der Waals surface area contributed by atoms with Crippen LogP contribution in [-0.2, 0) is 0 Å². The standard InChI is InChI=1S/C15H21N3OS/c1-16-15(20)17-13-5-3-4-12(10-13)14(19)11-6-8-18(2)9-7-11/h3-5,10-11H,6-9H2,1-2H3,(H2,16,17,20). The zero-order valence-electron chi connectivity index (χ0n) is 12.0. The van der Waals surface area contributed by atoms with Gasteiger partial charge in [-0.1, -0.05) is 12.1 Å². The highest BCUT2D eigenvalue weighted by molar-refractivity contribution is 7.80. The molecule has 0 bridgehead atoms. The summed E-state index contributed by atoms with van der Waals surface area (Å²) in [5.41, 5.74) is 1.62. The Bertz CT molecular complexity index is 496. The Labute approximate surface area is 125 Å². The Morgan fingerprint density at radius 2 is 2.05 bits per heavy atom. The van der Waals surface area contributed by atoms with Crippen LogP contribution < -0.4 is 10.6 Å². The van der Waals surface area contributed by atoms with Crippen molar-refractivity contribution in [2.45, 2.75) is 12.8 Å². The summed E-state index contributed by atoms with van der Waals surface area (Å²) in [6, 6.07) is 7.57. The van der Waals surface area contributed by atoms with E-state index in [0.717, 1.165) is 37.2 Å². The first-order valence-electron chi connectivity index (χ1n) is 6.91. The van der Waals surface area contributed by atoms with Crippen molar-refractivity contribution in [3.05, 3.63) is 29.8 Å². The summed E-state index contributed by atoms with van der Waals surface area (Å²) >= 11 is 5.07. The molecule has 0 unspecified atom stereocenters. The van der Waals surface area contributed by atoms with Crippen LogP contribution in [0.5, 0.6) is 0 Å². The third kappa shape index (κ3) is 3.77. The number of piperidine rings is 1. The van der Waals surface area contributed by atoms with E-state index >= 15 is 0 Å². The Balaban J connectivity index is 2.06. The molecule has 0 atom stereocenters. The van der Waals surface area contributed by atoms with Crippen LogP contribution in [-0.4, -0.2) is 43.0 Å². The summed E-state index contributed by atoms with van der Waals surface area (Å²) in [4.78, 5) is 14.8. The van der Waals surface area contributed by atoms with Crippen molar-refractivity contribution in [1.82, 2.24) is 10.2 Å². The summed E-state index contributed by atoms with van der Waals surface area (Å²) in [6.45, 7) is 2.00. The van der Waals surface area contributed by atoms with Crippen LogP contribution in [0.4, 0.5) is 5.69 Å². The van der Waals surface area contributed by atoms with Crippen LogP contribution in [0, 0.1) is 5.92 Å². The molecule has 0 radical (unpaired) electrons. The average Bonchev–Trinajstić information content (AvgIpc) is 2.47. The van der Waals surface area contributed by atoms with Gasteiger partial charge in [0.25, 0.3) is 0 Å². The molecule has 1 aromatic carbocycles. The molecule has 1 aliphatic heterocycles. The first-order chi connectivity index (χ1) is 9.60. The quantitative estimate of drug-likeness (QED) is 0.660. The van der Waals surface area contributed by atoms with Gasteiger partial charge in [-0.2, -0.15) is 0 Å². The van der Waals surface area contributed by atoms with Crippen molar-refractivity contribution < 1.29 is 4.79 Å². The number of hydrogen-bond acceptors (Lipinski definition) is 3. The van der Waals surface area contributed by atoms with Gasteiger partial charge in [-0.3, -0.25) is 4.79 Å². The molecule has 0 aliphatic carbocycles. The number of likely N-dealkylation sites (tertiary alicyclic amines) is 1. The smallest absolute Gasteiger partial charge is 0.170 e. The minimum absolute atomic E-state index is 0.151. The maximum atomic E-state index is 12.5. The fraction of sp³-hybridized carbons (Fsp3) is 0.467. The molecular formula is C15H21N3OS. The summed E-state index contributed by atoms with van der Waals surface area (Å²) in [7, 11) is 3.87. The molecule has 0 amide bonds. The van der Waals surface area contributed by atoms with Gasteiger partial charge in [-0.25, -0.2) is 0 Å². The first kappa shape index (κ1) is 14.9. The molecule has 1 heterocycles. The molecule has 1 fully saturated rings. The van der Waals surface area contributed by atoms with Gasteiger partial charge in [0.2, 0.25) is 0 Å². The average molecular weight is 291 g/mol. The Kier molecular flexibility index (Phi) is 5.09. The van der Waals surface area contributed by atoms with Crippen LogP contribution in [0.15, 0.2) is 24.3 Å². The van der Waals surface area contributed by atoms with E-state index in [-0.39, 0.29) is 11.7 Å². The van der Waals surface area contributed by atoms with E-state index < -0.39 is 0 Å². The predicted octanol–water partition coefficient (Wildman–Crippen LogP) is 2.13. The summed E-state index contributed by atoms with van der Waals surface area (Å²) in [6.07, 6.45) is 1.89. The monoisotopic (exact) mass is 291 g/mol. The number of ketones is 1. The molecule has 2 rings (SSSR count). The predicted molar refractivity (Wildman–Crippen MR) is 86.3 cm³/mol. The highest BCUT2D eigenvalue weighted by Gasteiger charge is 2.24. The number of benzene rings is 1. The summed E-state index contributed by atoms with van der Waals surface area (Å²) in [5.74, 6) is 0.398. The molecule has 20 heavy (non-hydrogen) atoms. The summed E-state index contributed by atoms with van der Waals surface area (Å²) < 4.78 is 0. The number of carbonyl (C=O) groups is 1. The number of nitrogens with one attached hydrogen (secondary N) is 2. The minimum atomic E-state index is 0.151. The second kappa shape index (κ2) is 6.81. The number of hydrogen-bond donors (Lipinski definition) is 2. The molecule has 5 heteroatoms. The fourth-order valence-electron chi connectivity index (χ4n) is 2.45. The van der Waals surface area contributed by atoms with Crippen molar-refractivity contribution in [2.24, 2.45) is 5.92 Å². The first-order valence-corrected chi connectivity index (χ1v) is 7.32. The maximum Gasteiger partial charge on any atom is 0.170 e. The van der Waals surface area contributed by atoms with Gasteiger partial charge in [0.05, 0.1) is 0 Å². The molecule has 108 valence electrons. The second-order valence-electron chi connectivity index (χ2n) is 5.23. The number of anilines is 1. The lowest BCUT2D eigenvalue weighted by Crippen LogP contribution is -2.33. The van der Waals surface area contributed by atoms with E-state index in [2.05, 4.69) is 22.6 Å². The minimum Gasteiger partial charge on any atom is -0.366 e. The zero-order valence-corrected chi connectivity index (χ0v) is 12.8. The molecule has 0 saturated carbocycles. The number of rotatable bonds is 3. The SMILES string of the molecule is CNC(=S)Nc1cccc(C(=O)C2CCN(C)CC2)c1. The Hall–Kier alpha value is -1.46. The van der Waals surface area contributed by atoms with E-state index in [9.17, 15) is 4.79 Å². The van der Waals surface area contributed by atoms with E-state index in [1.54, 1.807) is 7.05 Å². The van der Waals surface area contributed by atoms with E-state index in [1.807, 2.05) is 24.3 Å². The van der Waals surface area contributed by atoms with E-state index in [0.29, 0.717) is 5.11 Å². The van der Waals surface area contributed by atoms with Gasteiger partial charge in [0.1, 0.15) is 0 Å². The molecular weight excluding hydrogens is 270 g/mol. The summed E-state index contributed by atoms with van der Waals surface area (Å²) in [5, 5.41) is 6.47. The molecule has 2 N–H and O–H groups in total. The molecule has 0 spiro atoms. The van der Waals surface area contributed by atoms with Gasteiger partial charge < -0.3 is 15.5 Å². The lowest BCUT2D eigenvalue weighted by Gasteiger charge is -2.28. The molecule has 1 aliphatic rings. The number of Topliss-reactive ketones (excluding diaryl/α,β-unsaturated/α-hetero) is 1. The Morgan fingerprint density at radius 3 is 2.70 bits per heavy atom. The van der Waals surface area contributed by atoms with Crippen LogP contribution in [0.2, 0.25) is 0 Å². The molecule has 1 saturated heterocycles. The van der Waals surface area contributed by atoms with Crippen molar-refractivity contribution in [3.8, 4) is 0 Å². The van der Waals surface area contributed by atoms with Crippen molar-refractivity contribution >= 4 is 28.8 Å². The third-order valence-electron chi connectivity index (χ3n) is 3.72. The fourth-order valence-corrected chi connectivity index (χ4v) is 2.57. The zero-order chi connectivity index (χ0) is 14.5. The number of nitrogens with zero attached hydrogens (tertiary/aromatic N) is 1. The number of thiocarbonyl (C=S) groups is 1. The molecule has 4 nitrogen and oxygen atoms in total.